The smallest absolute Gasteiger partial charge is 0.180 e. The monoisotopic (exact) mass is 322 g/mol. The number of hydrogen-bond acceptors (Lipinski definition) is 5. The quantitative estimate of drug-likeness (QED) is 0.779. The number of rotatable bonds is 2. The second-order valence-corrected chi connectivity index (χ2v) is 7.00. The van der Waals surface area contributed by atoms with Crippen LogP contribution < -0.4 is 5.73 Å². The fourth-order valence-electron chi connectivity index (χ4n) is 2.05. The van der Waals surface area contributed by atoms with Gasteiger partial charge in [-0.3, -0.25) is 0 Å². The van der Waals surface area contributed by atoms with Gasteiger partial charge in [0.1, 0.15) is 10.7 Å². The molecule has 0 aliphatic heterocycles. The highest BCUT2D eigenvalue weighted by molar-refractivity contribution is 7.90. The highest BCUT2D eigenvalue weighted by Gasteiger charge is 2.18. The molecule has 6 nitrogen and oxygen atoms in total. The zero-order valence-electron chi connectivity index (χ0n) is 11.0. The molecule has 1 aromatic carbocycles. The van der Waals surface area contributed by atoms with Crippen LogP contribution in [0.5, 0.6) is 0 Å². The van der Waals surface area contributed by atoms with Crippen molar-refractivity contribution in [2.75, 3.05) is 12.0 Å². The zero-order chi connectivity index (χ0) is 15.2. The van der Waals surface area contributed by atoms with Gasteiger partial charge in [-0.2, -0.15) is 9.61 Å². The first kappa shape index (κ1) is 13.8. The third-order valence-electron chi connectivity index (χ3n) is 3.08. The van der Waals surface area contributed by atoms with Gasteiger partial charge in [-0.15, -0.1) is 0 Å². The Labute approximate surface area is 126 Å². The Balaban J connectivity index is 2.25. The Morgan fingerprint density at radius 2 is 1.86 bits per heavy atom. The van der Waals surface area contributed by atoms with E-state index in [0.29, 0.717) is 10.7 Å². The summed E-state index contributed by atoms with van der Waals surface area (Å²) in [5.41, 5.74) is 7.99. The summed E-state index contributed by atoms with van der Waals surface area (Å²) in [5.74, 6) is 0.0442. The minimum atomic E-state index is -3.45. The predicted octanol–water partition coefficient (Wildman–Crippen LogP) is 2.04. The number of sulfone groups is 1. The van der Waals surface area contributed by atoms with Crippen LogP contribution in [0.4, 0.5) is 5.82 Å². The Kier molecular flexibility index (Phi) is 3.11. The average Bonchev–Trinajstić information content (AvgIpc) is 2.83. The number of halogens is 1. The van der Waals surface area contributed by atoms with E-state index in [9.17, 15) is 8.42 Å². The molecule has 3 aromatic rings. The maximum absolute atomic E-state index is 11.6. The van der Waals surface area contributed by atoms with Crippen molar-refractivity contribution in [2.24, 2.45) is 0 Å². The Hall–Kier alpha value is -2.12. The summed E-state index contributed by atoms with van der Waals surface area (Å²) in [5, 5.41) is 4.75. The van der Waals surface area contributed by atoms with Crippen molar-refractivity contribution in [3.8, 4) is 11.1 Å². The van der Waals surface area contributed by atoms with Gasteiger partial charge in [-0.1, -0.05) is 23.7 Å². The Bertz CT molecular complexity index is 933. The maximum Gasteiger partial charge on any atom is 0.180 e. The van der Waals surface area contributed by atoms with E-state index < -0.39 is 9.84 Å². The normalized spacial score (nSPS) is 11.9. The van der Waals surface area contributed by atoms with Gasteiger partial charge in [0.2, 0.25) is 0 Å². The number of benzene rings is 1. The van der Waals surface area contributed by atoms with E-state index in [0.717, 1.165) is 17.4 Å². The van der Waals surface area contributed by atoms with Crippen LogP contribution in [-0.4, -0.2) is 29.3 Å². The van der Waals surface area contributed by atoms with Crippen molar-refractivity contribution in [3.05, 3.63) is 41.7 Å². The molecule has 0 bridgehead atoms. The molecule has 3 rings (SSSR count). The van der Waals surface area contributed by atoms with Crippen LogP contribution in [-0.2, 0) is 9.84 Å². The molecule has 0 saturated carbocycles. The first-order valence-electron chi connectivity index (χ1n) is 5.96. The molecule has 0 atom stereocenters. The summed E-state index contributed by atoms with van der Waals surface area (Å²) >= 11 is 5.86. The van der Waals surface area contributed by atoms with Gasteiger partial charge < -0.3 is 5.73 Å². The number of anilines is 1. The van der Waals surface area contributed by atoms with E-state index in [4.69, 9.17) is 17.3 Å². The van der Waals surface area contributed by atoms with Crippen molar-refractivity contribution in [1.29, 1.82) is 0 Å². The van der Waals surface area contributed by atoms with Crippen LogP contribution >= 0.6 is 11.6 Å². The van der Waals surface area contributed by atoms with Gasteiger partial charge in [0, 0.05) is 16.8 Å². The number of aromatic nitrogens is 3. The molecule has 2 aromatic heterocycles. The second kappa shape index (κ2) is 4.71. The topological polar surface area (TPSA) is 90.3 Å². The molecule has 0 radical (unpaired) electrons. The van der Waals surface area contributed by atoms with Gasteiger partial charge in [0.05, 0.1) is 12.4 Å². The SMILES string of the molecule is CS(=O)(=O)c1cnc2c(-c3ccc(Cl)cc3)cnn2c1N. The van der Waals surface area contributed by atoms with Gasteiger partial charge >= 0.3 is 0 Å². The second-order valence-electron chi connectivity index (χ2n) is 4.58. The molecule has 0 amide bonds. The molecule has 8 heteroatoms. The minimum absolute atomic E-state index is 0.0410. The van der Waals surface area contributed by atoms with Crippen LogP contribution in [0.25, 0.3) is 16.8 Å². The standard InChI is InChI=1S/C13H11ClN4O2S/c1-21(19,20)11-7-16-13-10(6-17-18(13)12(11)15)8-2-4-9(14)5-3-8/h2-7H,15H2,1H3. The molecule has 0 saturated heterocycles. The lowest BCUT2D eigenvalue weighted by Gasteiger charge is -2.05. The lowest BCUT2D eigenvalue weighted by Crippen LogP contribution is -2.09. The molecule has 108 valence electrons. The number of nitrogens with two attached hydrogens (primary N) is 1. The summed E-state index contributed by atoms with van der Waals surface area (Å²) in [6, 6.07) is 7.19. The number of hydrogen-bond donors (Lipinski definition) is 1. The molecule has 0 aliphatic carbocycles. The van der Waals surface area contributed by atoms with Crippen LogP contribution in [0.2, 0.25) is 5.02 Å². The Morgan fingerprint density at radius 3 is 2.48 bits per heavy atom. The summed E-state index contributed by atoms with van der Waals surface area (Å²) in [7, 11) is -3.45. The van der Waals surface area contributed by atoms with E-state index in [1.54, 1.807) is 18.3 Å². The van der Waals surface area contributed by atoms with Crippen LogP contribution in [0.3, 0.4) is 0 Å². The zero-order valence-corrected chi connectivity index (χ0v) is 12.6. The summed E-state index contributed by atoms with van der Waals surface area (Å²) in [4.78, 5) is 4.13. The lowest BCUT2D eigenvalue weighted by atomic mass is 10.1. The molecule has 0 unspecified atom stereocenters. The minimum Gasteiger partial charge on any atom is -0.382 e. The molecule has 0 spiro atoms. The van der Waals surface area contributed by atoms with E-state index in [1.807, 2.05) is 12.1 Å². The fourth-order valence-corrected chi connectivity index (χ4v) is 2.89. The highest BCUT2D eigenvalue weighted by atomic mass is 35.5. The summed E-state index contributed by atoms with van der Waals surface area (Å²) in [6.45, 7) is 0. The molecule has 2 heterocycles. The first-order chi connectivity index (χ1) is 9.88. The van der Waals surface area contributed by atoms with Gasteiger partial charge in [-0.25, -0.2) is 13.4 Å². The van der Waals surface area contributed by atoms with E-state index in [2.05, 4.69) is 10.1 Å². The van der Waals surface area contributed by atoms with Crippen molar-refractivity contribution < 1.29 is 8.42 Å². The third-order valence-corrected chi connectivity index (χ3v) is 4.45. The number of nitrogen functional groups attached to an aromatic ring is 1. The largest absolute Gasteiger partial charge is 0.382 e. The van der Waals surface area contributed by atoms with Crippen molar-refractivity contribution in [3.63, 3.8) is 0 Å². The van der Waals surface area contributed by atoms with Crippen LogP contribution in [0, 0.1) is 0 Å². The number of fused-ring (bicyclic) bond motifs is 1. The van der Waals surface area contributed by atoms with E-state index in [1.165, 1.54) is 10.7 Å². The fraction of sp³-hybridized carbons (Fsp3) is 0.0769. The Morgan fingerprint density at radius 1 is 1.19 bits per heavy atom. The van der Waals surface area contributed by atoms with Gasteiger partial charge in [-0.05, 0) is 17.7 Å². The molecule has 21 heavy (non-hydrogen) atoms. The van der Waals surface area contributed by atoms with E-state index >= 15 is 0 Å². The van der Waals surface area contributed by atoms with Gasteiger partial charge in [0.15, 0.2) is 15.5 Å². The maximum atomic E-state index is 11.6. The van der Waals surface area contributed by atoms with Crippen LogP contribution in [0.1, 0.15) is 0 Å². The van der Waals surface area contributed by atoms with Crippen molar-refractivity contribution >= 4 is 32.9 Å². The molecular weight excluding hydrogens is 312 g/mol. The average molecular weight is 323 g/mol. The van der Waals surface area contributed by atoms with Crippen molar-refractivity contribution in [2.45, 2.75) is 4.90 Å². The predicted molar refractivity (Wildman–Crippen MR) is 81.0 cm³/mol. The van der Waals surface area contributed by atoms with Crippen molar-refractivity contribution in [1.82, 2.24) is 14.6 Å². The summed E-state index contributed by atoms with van der Waals surface area (Å²) in [6.07, 6.45) is 3.92. The first-order valence-corrected chi connectivity index (χ1v) is 8.23. The molecular formula is C13H11ClN4O2S. The molecule has 0 aliphatic rings. The highest BCUT2D eigenvalue weighted by Crippen LogP contribution is 2.27. The molecule has 2 N–H and O–H groups in total. The third kappa shape index (κ3) is 2.34. The summed E-state index contributed by atoms with van der Waals surface area (Å²) < 4.78 is 24.6. The van der Waals surface area contributed by atoms with Crippen LogP contribution in [0.15, 0.2) is 41.6 Å². The number of nitrogens with zero attached hydrogens (tertiary/aromatic N) is 3. The molecule has 0 fully saturated rings. The van der Waals surface area contributed by atoms with E-state index in [-0.39, 0.29) is 10.7 Å². The lowest BCUT2D eigenvalue weighted by molar-refractivity contribution is 0.601. The van der Waals surface area contributed by atoms with Gasteiger partial charge in [0.25, 0.3) is 0 Å².